The van der Waals surface area contributed by atoms with E-state index in [9.17, 15) is 0 Å². The van der Waals surface area contributed by atoms with Gasteiger partial charge in [0.2, 0.25) is 0 Å². The normalized spacial score (nSPS) is 22.4. The van der Waals surface area contributed by atoms with Gasteiger partial charge >= 0.3 is 0 Å². The van der Waals surface area contributed by atoms with Gasteiger partial charge in [-0.15, -0.1) is 0 Å². The maximum atomic E-state index is 5.51. The molecule has 0 amide bonds. The lowest BCUT2D eigenvalue weighted by Gasteiger charge is -2.32. The summed E-state index contributed by atoms with van der Waals surface area (Å²) in [4.78, 5) is 2.38. The minimum atomic E-state index is 0.352. The molecule has 1 saturated heterocycles. The Bertz CT molecular complexity index is 294. The van der Waals surface area contributed by atoms with Crippen LogP contribution in [0, 0.1) is 6.92 Å². The molecule has 0 N–H and O–H groups in total. The zero-order valence-electron chi connectivity index (χ0n) is 8.86. The number of nitrogens with zero attached hydrogens (tertiary/aromatic N) is 1. The zero-order chi connectivity index (χ0) is 9.97. The lowest BCUT2D eigenvalue weighted by atomic mass is 10.2. The molecule has 14 heavy (non-hydrogen) atoms. The molecule has 0 radical (unpaired) electrons. The van der Waals surface area contributed by atoms with Crippen LogP contribution in [0.25, 0.3) is 0 Å². The first-order valence-electron chi connectivity index (χ1n) is 5.19. The zero-order valence-corrected chi connectivity index (χ0v) is 8.86. The number of morpholine rings is 1. The smallest absolute Gasteiger partial charge is 0.0722 e. The Balaban J connectivity index is 2.10. The molecule has 1 fully saturated rings. The van der Waals surface area contributed by atoms with Gasteiger partial charge in [-0.05, 0) is 26.0 Å². The minimum Gasteiger partial charge on any atom is -0.375 e. The molecule has 0 aliphatic carbocycles. The average molecular weight is 191 g/mol. The van der Waals surface area contributed by atoms with E-state index in [1.54, 1.807) is 0 Å². The molecule has 0 unspecified atom stereocenters. The first-order chi connectivity index (χ1) is 6.75. The summed E-state index contributed by atoms with van der Waals surface area (Å²) in [6.45, 7) is 7.09. The Hall–Kier alpha value is -1.02. The molecule has 1 atom stereocenters. The van der Waals surface area contributed by atoms with Crippen LogP contribution in [-0.4, -0.2) is 25.8 Å². The molecule has 1 aromatic carbocycles. The summed E-state index contributed by atoms with van der Waals surface area (Å²) in [5, 5.41) is 0. The Kier molecular flexibility index (Phi) is 2.73. The maximum Gasteiger partial charge on any atom is 0.0722 e. The van der Waals surface area contributed by atoms with Crippen molar-refractivity contribution in [1.29, 1.82) is 0 Å². The van der Waals surface area contributed by atoms with Gasteiger partial charge in [-0.25, -0.2) is 0 Å². The molecule has 2 nitrogen and oxygen atoms in total. The quantitative estimate of drug-likeness (QED) is 0.675. The first-order valence-corrected chi connectivity index (χ1v) is 5.19. The fraction of sp³-hybridized carbons (Fsp3) is 0.500. The molecular weight excluding hydrogens is 174 g/mol. The van der Waals surface area contributed by atoms with Crippen molar-refractivity contribution in [2.75, 3.05) is 24.6 Å². The standard InChI is InChI=1S/C12H17NO/c1-10-3-5-12(6-4-10)13-7-8-14-11(2)9-13/h3-6,11H,7-9H2,1-2H3/t11-/m1/s1. The van der Waals surface area contributed by atoms with Gasteiger partial charge in [0.25, 0.3) is 0 Å². The first kappa shape index (κ1) is 9.53. The van der Waals surface area contributed by atoms with E-state index in [0.29, 0.717) is 6.10 Å². The molecule has 1 aromatic rings. The molecule has 76 valence electrons. The predicted molar refractivity (Wildman–Crippen MR) is 58.8 cm³/mol. The van der Waals surface area contributed by atoms with Crippen LogP contribution in [0.1, 0.15) is 12.5 Å². The number of rotatable bonds is 1. The topological polar surface area (TPSA) is 12.5 Å². The highest BCUT2D eigenvalue weighted by atomic mass is 16.5. The number of anilines is 1. The van der Waals surface area contributed by atoms with Crippen molar-refractivity contribution in [2.45, 2.75) is 20.0 Å². The third-order valence-electron chi connectivity index (χ3n) is 2.64. The highest BCUT2D eigenvalue weighted by Crippen LogP contribution is 2.17. The van der Waals surface area contributed by atoms with E-state index in [2.05, 4.69) is 43.0 Å². The van der Waals surface area contributed by atoms with Crippen molar-refractivity contribution in [2.24, 2.45) is 0 Å². The second-order valence-corrected chi connectivity index (χ2v) is 3.96. The maximum absolute atomic E-state index is 5.51. The van der Waals surface area contributed by atoms with Gasteiger partial charge in [0.1, 0.15) is 0 Å². The summed E-state index contributed by atoms with van der Waals surface area (Å²) in [6, 6.07) is 8.70. The van der Waals surface area contributed by atoms with Crippen molar-refractivity contribution in [3.63, 3.8) is 0 Å². The van der Waals surface area contributed by atoms with Crippen LogP contribution in [0.2, 0.25) is 0 Å². The van der Waals surface area contributed by atoms with E-state index in [1.165, 1.54) is 11.3 Å². The van der Waals surface area contributed by atoms with E-state index in [0.717, 1.165) is 19.7 Å². The van der Waals surface area contributed by atoms with Gasteiger partial charge in [0, 0.05) is 18.8 Å². The average Bonchev–Trinajstić information content (AvgIpc) is 2.19. The Morgan fingerprint density at radius 1 is 1.29 bits per heavy atom. The van der Waals surface area contributed by atoms with Crippen molar-refractivity contribution in [3.8, 4) is 0 Å². The Morgan fingerprint density at radius 2 is 2.00 bits per heavy atom. The summed E-state index contributed by atoms with van der Waals surface area (Å²) in [5.41, 5.74) is 2.63. The monoisotopic (exact) mass is 191 g/mol. The van der Waals surface area contributed by atoms with Gasteiger partial charge < -0.3 is 9.64 Å². The van der Waals surface area contributed by atoms with Gasteiger partial charge in [0.05, 0.1) is 12.7 Å². The van der Waals surface area contributed by atoms with Crippen LogP contribution in [0.3, 0.4) is 0 Å². The fourth-order valence-electron chi connectivity index (χ4n) is 1.81. The second kappa shape index (κ2) is 4.01. The van der Waals surface area contributed by atoms with E-state index >= 15 is 0 Å². The van der Waals surface area contributed by atoms with Crippen LogP contribution in [0.5, 0.6) is 0 Å². The Labute approximate surface area is 85.5 Å². The summed E-state index contributed by atoms with van der Waals surface area (Å²) < 4.78 is 5.51. The van der Waals surface area contributed by atoms with Gasteiger partial charge in [-0.2, -0.15) is 0 Å². The number of hydrogen-bond donors (Lipinski definition) is 0. The number of ether oxygens (including phenoxy) is 1. The Morgan fingerprint density at radius 3 is 2.64 bits per heavy atom. The molecule has 1 aliphatic rings. The fourth-order valence-corrected chi connectivity index (χ4v) is 1.81. The predicted octanol–water partition coefficient (Wildman–Crippen LogP) is 2.22. The van der Waals surface area contributed by atoms with Crippen molar-refractivity contribution >= 4 is 5.69 Å². The SMILES string of the molecule is Cc1ccc(N2CCO[C@H](C)C2)cc1. The van der Waals surface area contributed by atoms with Crippen LogP contribution in [0.4, 0.5) is 5.69 Å². The third-order valence-corrected chi connectivity index (χ3v) is 2.64. The summed E-state index contributed by atoms with van der Waals surface area (Å²) >= 11 is 0. The van der Waals surface area contributed by atoms with Gasteiger partial charge in [0.15, 0.2) is 0 Å². The van der Waals surface area contributed by atoms with E-state index < -0.39 is 0 Å². The lowest BCUT2D eigenvalue weighted by Crippen LogP contribution is -2.41. The number of benzene rings is 1. The van der Waals surface area contributed by atoms with E-state index in [1.807, 2.05) is 0 Å². The van der Waals surface area contributed by atoms with E-state index in [-0.39, 0.29) is 0 Å². The second-order valence-electron chi connectivity index (χ2n) is 3.96. The molecule has 0 spiro atoms. The van der Waals surface area contributed by atoms with E-state index in [4.69, 9.17) is 4.74 Å². The lowest BCUT2D eigenvalue weighted by molar-refractivity contribution is 0.0532. The molecular formula is C12H17NO. The molecule has 0 bridgehead atoms. The van der Waals surface area contributed by atoms with Crippen LogP contribution < -0.4 is 4.90 Å². The molecule has 0 saturated carbocycles. The summed E-state index contributed by atoms with van der Waals surface area (Å²) in [7, 11) is 0. The largest absolute Gasteiger partial charge is 0.375 e. The summed E-state index contributed by atoms with van der Waals surface area (Å²) in [5.74, 6) is 0. The molecule has 0 aromatic heterocycles. The van der Waals surface area contributed by atoms with Gasteiger partial charge in [-0.3, -0.25) is 0 Å². The third kappa shape index (κ3) is 2.07. The van der Waals surface area contributed by atoms with Crippen molar-refractivity contribution in [3.05, 3.63) is 29.8 Å². The molecule has 2 rings (SSSR count). The molecule has 1 heterocycles. The van der Waals surface area contributed by atoms with Crippen LogP contribution in [0.15, 0.2) is 24.3 Å². The summed E-state index contributed by atoms with van der Waals surface area (Å²) in [6.07, 6.45) is 0.352. The van der Waals surface area contributed by atoms with Crippen molar-refractivity contribution in [1.82, 2.24) is 0 Å². The number of aryl methyl sites for hydroxylation is 1. The van der Waals surface area contributed by atoms with Crippen LogP contribution >= 0.6 is 0 Å². The van der Waals surface area contributed by atoms with Gasteiger partial charge in [-0.1, -0.05) is 17.7 Å². The molecule has 1 aliphatic heterocycles. The number of hydrogen-bond acceptors (Lipinski definition) is 2. The van der Waals surface area contributed by atoms with Crippen LogP contribution in [-0.2, 0) is 4.74 Å². The minimum absolute atomic E-state index is 0.352. The highest BCUT2D eigenvalue weighted by Gasteiger charge is 2.16. The van der Waals surface area contributed by atoms with Crippen molar-refractivity contribution < 1.29 is 4.74 Å². The molecule has 2 heteroatoms. The highest BCUT2D eigenvalue weighted by molar-refractivity contribution is 5.47.